The van der Waals surface area contributed by atoms with Gasteiger partial charge in [-0.05, 0) is 35.4 Å². The lowest BCUT2D eigenvalue weighted by atomic mass is 10.1. The summed E-state index contributed by atoms with van der Waals surface area (Å²) in [7, 11) is 0. The summed E-state index contributed by atoms with van der Waals surface area (Å²) < 4.78 is 1.82. The molecule has 0 amide bonds. The average molecular weight is 215 g/mol. The number of nitrogens with zero attached hydrogens (tertiary/aromatic N) is 3. The van der Waals surface area contributed by atoms with Crippen LogP contribution in [0.3, 0.4) is 0 Å². The number of aromatic nitrogens is 3. The number of hydrogen-bond acceptors (Lipinski definition) is 3. The zero-order valence-corrected chi connectivity index (χ0v) is 9.03. The topological polar surface area (TPSA) is 30.2 Å². The van der Waals surface area contributed by atoms with E-state index >= 15 is 0 Å². The fraction of sp³-hybridized carbons (Fsp3) is 0.0909. The highest BCUT2D eigenvalue weighted by atomic mass is 32.1. The number of fused-ring (bicyclic) bond motifs is 1. The monoisotopic (exact) mass is 215 g/mol. The Morgan fingerprint density at radius 1 is 1.40 bits per heavy atom. The van der Waals surface area contributed by atoms with E-state index in [0.29, 0.717) is 0 Å². The first-order chi connectivity index (χ1) is 7.36. The predicted molar refractivity (Wildman–Crippen MR) is 61.0 cm³/mol. The summed E-state index contributed by atoms with van der Waals surface area (Å²) in [5.41, 5.74) is 4.28. The fourth-order valence-corrected chi connectivity index (χ4v) is 2.39. The minimum atomic E-state index is 0.924. The van der Waals surface area contributed by atoms with Crippen molar-refractivity contribution in [3.63, 3.8) is 0 Å². The standard InChI is InChI=1S/C11H9N3S/c1-8-10(9-3-6-15-7-9)11-12-4-2-5-14(11)13-8/h2-7H,1H3. The molecule has 0 aromatic carbocycles. The van der Waals surface area contributed by atoms with E-state index in [1.54, 1.807) is 17.5 Å². The predicted octanol–water partition coefficient (Wildman–Crippen LogP) is 2.77. The molecule has 0 aliphatic heterocycles. The summed E-state index contributed by atoms with van der Waals surface area (Å²) in [6.45, 7) is 2.02. The van der Waals surface area contributed by atoms with Crippen LogP contribution in [0.15, 0.2) is 35.3 Å². The molecular weight excluding hydrogens is 206 g/mol. The van der Waals surface area contributed by atoms with E-state index in [4.69, 9.17) is 0 Å². The highest BCUT2D eigenvalue weighted by Gasteiger charge is 2.11. The van der Waals surface area contributed by atoms with Crippen molar-refractivity contribution in [3.05, 3.63) is 41.0 Å². The van der Waals surface area contributed by atoms with Gasteiger partial charge in [0.05, 0.1) is 11.3 Å². The third-order valence-corrected chi connectivity index (χ3v) is 3.06. The third-order valence-electron chi connectivity index (χ3n) is 2.38. The van der Waals surface area contributed by atoms with Crippen LogP contribution in [0.2, 0.25) is 0 Å². The molecule has 0 spiro atoms. The maximum Gasteiger partial charge on any atom is 0.163 e. The van der Waals surface area contributed by atoms with E-state index in [9.17, 15) is 0 Å². The van der Waals surface area contributed by atoms with Crippen LogP contribution < -0.4 is 0 Å². The van der Waals surface area contributed by atoms with Crippen LogP contribution in [0.1, 0.15) is 5.69 Å². The van der Waals surface area contributed by atoms with Crippen LogP contribution in [-0.4, -0.2) is 14.6 Å². The van der Waals surface area contributed by atoms with Crippen molar-refractivity contribution in [2.75, 3.05) is 0 Å². The second-order valence-electron chi connectivity index (χ2n) is 3.36. The van der Waals surface area contributed by atoms with Crippen molar-refractivity contribution in [1.82, 2.24) is 14.6 Å². The minimum absolute atomic E-state index is 0.924. The van der Waals surface area contributed by atoms with Crippen LogP contribution in [0.25, 0.3) is 16.8 Å². The van der Waals surface area contributed by atoms with Crippen molar-refractivity contribution < 1.29 is 0 Å². The average Bonchev–Trinajstić information content (AvgIpc) is 2.82. The quantitative estimate of drug-likeness (QED) is 0.624. The summed E-state index contributed by atoms with van der Waals surface area (Å²) in [6.07, 6.45) is 3.72. The van der Waals surface area contributed by atoms with Crippen LogP contribution in [0.4, 0.5) is 0 Å². The van der Waals surface area contributed by atoms with Crippen LogP contribution in [0, 0.1) is 6.92 Å². The maximum absolute atomic E-state index is 4.43. The molecule has 0 unspecified atom stereocenters. The van der Waals surface area contributed by atoms with Gasteiger partial charge >= 0.3 is 0 Å². The molecule has 0 radical (unpaired) electrons. The van der Waals surface area contributed by atoms with Crippen molar-refractivity contribution in [2.45, 2.75) is 6.92 Å². The van der Waals surface area contributed by atoms with Gasteiger partial charge in [-0.2, -0.15) is 16.4 Å². The van der Waals surface area contributed by atoms with Crippen molar-refractivity contribution in [1.29, 1.82) is 0 Å². The molecule has 4 heteroatoms. The lowest BCUT2D eigenvalue weighted by Crippen LogP contribution is -1.87. The molecule has 3 aromatic rings. The first-order valence-corrected chi connectivity index (χ1v) is 5.63. The van der Waals surface area contributed by atoms with Gasteiger partial charge in [0.1, 0.15) is 0 Å². The SMILES string of the molecule is Cc1nn2cccnc2c1-c1ccsc1. The summed E-state index contributed by atoms with van der Waals surface area (Å²) in [4.78, 5) is 4.36. The molecule has 0 saturated carbocycles. The van der Waals surface area contributed by atoms with Crippen LogP contribution in [-0.2, 0) is 0 Å². The van der Waals surface area contributed by atoms with Gasteiger partial charge < -0.3 is 0 Å². The van der Waals surface area contributed by atoms with Crippen molar-refractivity contribution >= 4 is 17.0 Å². The highest BCUT2D eigenvalue weighted by molar-refractivity contribution is 7.08. The Bertz CT molecular complexity index is 595. The molecule has 0 atom stereocenters. The van der Waals surface area contributed by atoms with Gasteiger partial charge in [0, 0.05) is 12.4 Å². The van der Waals surface area contributed by atoms with Gasteiger partial charge in [0.15, 0.2) is 5.65 Å². The Morgan fingerprint density at radius 3 is 3.13 bits per heavy atom. The van der Waals surface area contributed by atoms with Gasteiger partial charge in [-0.3, -0.25) is 0 Å². The Kier molecular flexibility index (Phi) is 1.82. The molecule has 3 heterocycles. The molecule has 15 heavy (non-hydrogen) atoms. The molecule has 0 N–H and O–H groups in total. The normalized spacial score (nSPS) is 11.0. The van der Waals surface area contributed by atoms with Gasteiger partial charge in [0.2, 0.25) is 0 Å². The van der Waals surface area contributed by atoms with E-state index in [1.165, 1.54) is 5.56 Å². The highest BCUT2D eigenvalue weighted by Crippen LogP contribution is 2.28. The second kappa shape index (κ2) is 3.17. The summed E-state index contributed by atoms with van der Waals surface area (Å²) in [5.74, 6) is 0. The Labute approximate surface area is 91.0 Å². The third kappa shape index (κ3) is 1.26. The molecule has 0 aliphatic rings. The van der Waals surface area contributed by atoms with E-state index in [0.717, 1.165) is 16.9 Å². The smallest absolute Gasteiger partial charge is 0.163 e. The summed E-state index contributed by atoms with van der Waals surface area (Å²) in [5, 5.41) is 8.62. The van der Waals surface area contributed by atoms with Crippen molar-refractivity contribution in [2.24, 2.45) is 0 Å². The Morgan fingerprint density at radius 2 is 2.33 bits per heavy atom. The molecular formula is C11H9N3S. The summed E-state index contributed by atoms with van der Waals surface area (Å²) >= 11 is 1.69. The van der Waals surface area contributed by atoms with Crippen LogP contribution in [0.5, 0.6) is 0 Å². The van der Waals surface area contributed by atoms with Gasteiger partial charge in [-0.1, -0.05) is 0 Å². The minimum Gasteiger partial charge on any atom is -0.236 e. The zero-order valence-electron chi connectivity index (χ0n) is 8.21. The molecule has 0 saturated heterocycles. The molecule has 3 rings (SSSR count). The molecule has 3 nitrogen and oxygen atoms in total. The lowest BCUT2D eigenvalue weighted by Gasteiger charge is -1.94. The van der Waals surface area contributed by atoms with E-state index in [-0.39, 0.29) is 0 Å². The second-order valence-corrected chi connectivity index (χ2v) is 4.14. The van der Waals surface area contributed by atoms with Gasteiger partial charge in [-0.25, -0.2) is 9.50 Å². The first-order valence-electron chi connectivity index (χ1n) is 4.69. The zero-order chi connectivity index (χ0) is 10.3. The fourth-order valence-electron chi connectivity index (χ4n) is 1.74. The number of aryl methyl sites for hydroxylation is 1. The summed E-state index contributed by atoms with van der Waals surface area (Å²) in [6, 6.07) is 3.99. The van der Waals surface area contributed by atoms with Gasteiger partial charge in [0.25, 0.3) is 0 Å². The molecule has 3 aromatic heterocycles. The van der Waals surface area contributed by atoms with Crippen molar-refractivity contribution in [3.8, 4) is 11.1 Å². The lowest BCUT2D eigenvalue weighted by molar-refractivity contribution is 0.917. The number of hydrogen-bond donors (Lipinski definition) is 0. The molecule has 0 aliphatic carbocycles. The number of rotatable bonds is 1. The van der Waals surface area contributed by atoms with E-state index in [2.05, 4.69) is 26.9 Å². The van der Waals surface area contributed by atoms with E-state index < -0.39 is 0 Å². The maximum atomic E-state index is 4.43. The molecule has 0 fully saturated rings. The Balaban J connectivity index is 2.39. The first kappa shape index (κ1) is 8.61. The number of thiophene rings is 1. The largest absolute Gasteiger partial charge is 0.236 e. The Hall–Kier alpha value is -1.68. The van der Waals surface area contributed by atoms with E-state index in [1.807, 2.05) is 23.7 Å². The van der Waals surface area contributed by atoms with Gasteiger partial charge in [-0.15, -0.1) is 0 Å². The van der Waals surface area contributed by atoms with Crippen LogP contribution >= 0.6 is 11.3 Å². The molecule has 74 valence electrons. The molecule has 0 bridgehead atoms.